The lowest BCUT2D eigenvalue weighted by molar-refractivity contribution is -0.144. The van der Waals surface area contributed by atoms with E-state index in [1.807, 2.05) is 0 Å². The molecule has 0 aromatic heterocycles. The number of carboxylic acids is 1. The van der Waals surface area contributed by atoms with Crippen LogP contribution in [0, 0.1) is 11.8 Å². The summed E-state index contributed by atoms with van der Waals surface area (Å²) in [6.07, 6.45) is 2.67. The van der Waals surface area contributed by atoms with Gasteiger partial charge in [0.15, 0.2) is 0 Å². The SMILES string of the molecule is CO[C@H]1CCC(C(=O)O)C[C@H]1C. The summed E-state index contributed by atoms with van der Waals surface area (Å²) in [6.45, 7) is 2.06. The van der Waals surface area contributed by atoms with Gasteiger partial charge in [-0.05, 0) is 25.2 Å². The minimum absolute atomic E-state index is 0.147. The Morgan fingerprint density at radius 1 is 1.50 bits per heavy atom. The number of carboxylic acid groups (broad SMARTS) is 1. The molecule has 0 aromatic carbocycles. The zero-order valence-corrected chi connectivity index (χ0v) is 7.62. The van der Waals surface area contributed by atoms with Crippen molar-refractivity contribution in [1.82, 2.24) is 0 Å². The Morgan fingerprint density at radius 2 is 2.17 bits per heavy atom. The number of ether oxygens (including phenoxy) is 1. The van der Waals surface area contributed by atoms with Crippen LogP contribution in [0.25, 0.3) is 0 Å². The Kier molecular flexibility index (Phi) is 3.09. The highest BCUT2D eigenvalue weighted by molar-refractivity contribution is 5.70. The van der Waals surface area contributed by atoms with E-state index in [4.69, 9.17) is 9.84 Å². The molecule has 70 valence electrons. The molecule has 3 atom stereocenters. The highest BCUT2D eigenvalue weighted by Crippen LogP contribution is 2.30. The topological polar surface area (TPSA) is 46.5 Å². The van der Waals surface area contributed by atoms with Gasteiger partial charge in [0.1, 0.15) is 0 Å². The number of aliphatic carboxylic acids is 1. The monoisotopic (exact) mass is 172 g/mol. The third kappa shape index (κ3) is 1.97. The van der Waals surface area contributed by atoms with Crippen LogP contribution < -0.4 is 0 Å². The standard InChI is InChI=1S/C9H16O3/c1-6-5-7(9(10)11)3-4-8(6)12-2/h6-8H,3-5H2,1-2H3,(H,10,11)/t6-,7?,8+/m1/s1. The summed E-state index contributed by atoms with van der Waals surface area (Å²) in [5.41, 5.74) is 0. The Hall–Kier alpha value is -0.570. The molecule has 0 aliphatic heterocycles. The van der Waals surface area contributed by atoms with Gasteiger partial charge in [0.05, 0.1) is 12.0 Å². The summed E-state index contributed by atoms with van der Waals surface area (Å²) in [6, 6.07) is 0. The fourth-order valence-corrected chi connectivity index (χ4v) is 1.94. The van der Waals surface area contributed by atoms with Gasteiger partial charge >= 0.3 is 5.97 Å². The van der Waals surface area contributed by atoms with Crippen LogP contribution in [0.15, 0.2) is 0 Å². The molecule has 12 heavy (non-hydrogen) atoms. The second-order valence-electron chi connectivity index (χ2n) is 3.60. The zero-order chi connectivity index (χ0) is 9.14. The fraction of sp³-hybridized carbons (Fsp3) is 0.889. The largest absolute Gasteiger partial charge is 0.481 e. The lowest BCUT2D eigenvalue weighted by atomic mass is 9.80. The Bertz CT molecular complexity index is 167. The molecule has 0 saturated heterocycles. The van der Waals surface area contributed by atoms with Crippen molar-refractivity contribution < 1.29 is 14.6 Å². The van der Waals surface area contributed by atoms with Gasteiger partial charge in [-0.25, -0.2) is 0 Å². The van der Waals surface area contributed by atoms with Gasteiger partial charge in [-0.3, -0.25) is 4.79 Å². The summed E-state index contributed by atoms with van der Waals surface area (Å²) in [7, 11) is 1.70. The Morgan fingerprint density at radius 3 is 2.58 bits per heavy atom. The lowest BCUT2D eigenvalue weighted by Gasteiger charge is -2.31. The summed E-state index contributed by atoms with van der Waals surface area (Å²) in [5.74, 6) is -0.423. The van der Waals surface area contributed by atoms with Crippen LogP contribution >= 0.6 is 0 Å². The van der Waals surface area contributed by atoms with Crippen LogP contribution in [0.1, 0.15) is 26.2 Å². The van der Waals surface area contributed by atoms with E-state index in [1.54, 1.807) is 7.11 Å². The molecule has 1 saturated carbocycles. The molecule has 3 heteroatoms. The Labute approximate surface area is 72.7 Å². The van der Waals surface area contributed by atoms with E-state index in [0.717, 1.165) is 19.3 Å². The van der Waals surface area contributed by atoms with Gasteiger partial charge < -0.3 is 9.84 Å². The van der Waals surface area contributed by atoms with E-state index in [0.29, 0.717) is 5.92 Å². The predicted molar refractivity (Wildman–Crippen MR) is 44.9 cm³/mol. The maximum Gasteiger partial charge on any atom is 0.306 e. The summed E-state index contributed by atoms with van der Waals surface area (Å²) in [4.78, 5) is 10.7. The van der Waals surface area contributed by atoms with E-state index in [1.165, 1.54) is 0 Å². The second-order valence-corrected chi connectivity index (χ2v) is 3.60. The van der Waals surface area contributed by atoms with Crippen LogP contribution in [0.5, 0.6) is 0 Å². The molecule has 0 spiro atoms. The minimum atomic E-state index is -0.656. The van der Waals surface area contributed by atoms with Gasteiger partial charge in [-0.2, -0.15) is 0 Å². The molecule has 1 fully saturated rings. The van der Waals surface area contributed by atoms with Crippen LogP contribution in [-0.2, 0) is 9.53 Å². The normalized spacial score (nSPS) is 36.3. The predicted octanol–water partition coefficient (Wildman–Crippen LogP) is 1.52. The second kappa shape index (κ2) is 3.90. The molecular formula is C9H16O3. The maximum absolute atomic E-state index is 10.7. The number of carbonyl (C=O) groups is 1. The first-order chi connectivity index (χ1) is 5.65. The van der Waals surface area contributed by atoms with Crippen molar-refractivity contribution in [3.63, 3.8) is 0 Å². The molecule has 1 rings (SSSR count). The molecule has 0 bridgehead atoms. The highest BCUT2D eigenvalue weighted by Gasteiger charge is 2.30. The van der Waals surface area contributed by atoms with E-state index in [9.17, 15) is 4.79 Å². The summed E-state index contributed by atoms with van der Waals surface area (Å²) < 4.78 is 5.24. The number of rotatable bonds is 2. The minimum Gasteiger partial charge on any atom is -0.481 e. The maximum atomic E-state index is 10.7. The average molecular weight is 172 g/mol. The quantitative estimate of drug-likeness (QED) is 0.687. The van der Waals surface area contributed by atoms with E-state index < -0.39 is 5.97 Å². The fourth-order valence-electron chi connectivity index (χ4n) is 1.94. The smallest absolute Gasteiger partial charge is 0.306 e. The van der Waals surface area contributed by atoms with Crippen molar-refractivity contribution in [1.29, 1.82) is 0 Å². The molecule has 1 N–H and O–H groups in total. The summed E-state index contributed by atoms with van der Waals surface area (Å²) in [5, 5.41) is 8.77. The van der Waals surface area contributed by atoms with Crippen molar-refractivity contribution in [2.45, 2.75) is 32.3 Å². The molecule has 0 aromatic rings. The molecule has 1 aliphatic carbocycles. The molecule has 3 nitrogen and oxygen atoms in total. The van der Waals surface area contributed by atoms with Crippen molar-refractivity contribution in [2.24, 2.45) is 11.8 Å². The molecule has 1 unspecified atom stereocenters. The van der Waals surface area contributed by atoms with E-state index >= 15 is 0 Å². The van der Waals surface area contributed by atoms with E-state index in [-0.39, 0.29) is 12.0 Å². The first-order valence-electron chi connectivity index (χ1n) is 4.40. The zero-order valence-electron chi connectivity index (χ0n) is 7.62. The van der Waals surface area contributed by atoms with Gasteiger partial charge in [-0.15, -0.1) is 0 Å². The van der Waals surface area contributed by atoms with Crippen molar-refractivity contribution in [3.05, 3.63) is 0 Å². The number of hydrogen-bond acceptors (Lipinski definition) is 2. The van der Waals surface area contributed by atoms with Crippen molar-refractivity contribution in [3.8, 4) is 0 Å². The Balaban J connectivity index is 2.46. The molecule has 1 aliphatic rings. The number of hydrogen-bond donors (Lipinski definition) is 1. The van der Waals surface area contributed by atoms with Crippen LogP contribution in [0.3, 0.4) is 0 Å². The van der Waals surface area contributed by atoms with Gasteiger partial charge in [0, 0.05) is 7.11 Å². The third-order valence-corrected chi connectivity index (χ3v) is 2.74. The molecule has 0 radical (unpaired) electrons. The first kappa shape index (κ1) is 9.52. The van der Waals surface area contributed by atoms with Gasteiger partial charge in [-0.1, -0.05) is 6.92 Å². The lowest BCUT2D eigenvalue weighted by Crippen LogP contribution is -2.32. The van der Waals surface area contributed by atoms with Gasteiger partial charge in [0.2, 0.25) is 0 Å². The van der Waals surface area contributed by atoms with Crippen LogP contribution in [0.2, 0.25) is 0 Å². The van der Waals surface area contributed by atoms with E-state index in [2.05, 4.69) is 6.92 Å². The third-order valence-electron chi connectivity index (χ3n) is 2.74. The van der Waals surface area contributed by atoms with Gasteiger partial charge in [0.25, 0.3) is 0 Å². The highest BCUT2D eigenvalue weighted by atomic mass is 16.5. The molecule has 0 amide bonds. The molecular weight excluding hydrogens is 156 g/mol. The van der Waals surface area contributed by atoms with Crippen LogP contribution in [0.4, 0.5) is 0 Å². The van der Waals surface area contributed by atoms with Crippen LogP contribution in [-0.4, -0.2) is 24.3 Å². The summed E-state index contributed by atoms with van der Waals surface area (Å²) >= 11 is 0. The van der Waals surface area contributed by atoms with Crippen molar-refractivity contribution in [2.75, 3.05) is 7.11 Å². The first-order valence-corrected chi connectivity index (χ1v) is 4.40. The molecule has 0 heterocycles. The number of methoxy groups -OCH3 is 1. The average Bonchev–Trinajstić information content (AvgIpc) is 2.04. The van der Waals surface area contributed by atoms with Crippen molar-refractivity contribution >= 4 is 5.97 Å².